The van der Waals surface area contributed by atoms with E-state index >= 15 is 0 Å². The first-order valence-electron chi connectivity index (χ1n) is 10.4. The number of fused-ring (bicyclic) bond motifs is 1. The van der Waals surface area contributed by atoms with Gasteiger partial charge in [0, 0.05) is 52.6 Å². The van der Waals surface area contributed by atoms with Crippen LogP contribution in [0.4, 0.5) is 4.79 Å². The van der Waals surface area contributed by atoms with Gasteiger partial charge >= 0.3 is 6.09 Å². The van der Waals surface area contributed by atoms with E-state index in [9.17, 15) is 14.4 Å². The fraction of sp³-hybridized carbons (Fsp3) is 0.391. The van der Waals surface area contributed by atoms with Crippen molar-refractivity contribution in [2.45, 2.75) is 46.4 Å². The quantitative estimate of drug-likeness (QED) is 0.654. The van der Waals surface area contributed by atoms with E-state index in [1.54, 1.807) is 45.9 Å². The second-order valence-electron chi connectivity index (χ2n) is 8.69. The van der Waals surface area contributed by atoms with Crippen molar-refractivity contribution >= 4 is 41.1 Å². The third-order valence-corrected chi connectivity index (χ3v) is 5.61. The van der Waals surface area contributed by atoms with Gasteiger partial charge in [-0.2, -0.15) is 0 Å². The van der Waals surface area contributed by atoms with Gasteiger partial charge in [-0.05, 0) is 45.4 Å². The monoisotopic (exact) mass is 492 g/mol. The van der Waals surface area contributed by atoms with Crippen LogP contribution >= 0.6 is 23.2 Å². The Morgan fingerprint density at radius 3 is 2.55 bits per heavy atom. The van der Waals surface area contributed by atoms with E-state index in [-0.39, 0.29) is 37.1 Å². The zero-order valence-corrected chi connectivity index (χ0v) is 20.6. The summed E-state index contributed by atoms with van der Waals surface area (Å²) < 4.78 is 5.35. The molecule has 0 fully saturated rings. The van der Waals surface area contributed by atoms with E-state index in [1.807, 2.05) is 0 Å². The van der Waals surface area contributed by atoms with Crippen LogP contribution in [0, 0.1) is 6.92 Å². The van der Waals surface area contributed by atoms with E-state index in [4.69, 9.17) is 27.9 Å². The van der Waals surface area contributed by atoms with Gasteiger partial charge in [0.2, 0.25) is 5.91 Å². The van der Waals surface area contributed by atoms with E-state index in [0.29, 0.717) is 38.0 Å². The minimum absolute atomic E-state index is 0.0932. The number of rotatable bonds is 5. The lowest BCUT2D eigenvalue weighted by Gasteiger charge is -2.21. The summed E-state index contributed by atoms with van der Waals surface area (Å²) in [6.45, 7) is 7.29. The number of aryl methyl sites for hydroxylation is 1. The number of nitrogens with zero attached hydrogens (tertiary/aromatic N) is 2. The molecular weight excluding hydrogens is 467 g/mol. The van der Waals surface area contributed by atoms with Crippen molar-refractivity contribution < 1.29 is 19.1 Å². The standard InChI is InChI=1S/C23H26Cl2N4O4/c1-12-15(9-27-22(32)33-23(2,3)4)19(14-7-6-13(24)8-17(14)25)16-10-29(11-18(30)26-5)21(31)20(16)28-12/h6-8H,9-11H2,1-5H3,(H,26,30)(H,27,32). The number of amides is 3. The van der Waals surface area contributed by atoms with E-state index in [1.165, 1.54) is 11.9 Å². The van der Waals surface area contributed by atoms with E-state index < -0.39 is 11.7 Å². The SMILES string of the molecule is CNC(=O)CN1Cc2c(nc(C)c(CNC(=O)OC(C)(C)C)c2-c2ccc(Cl)cc2Cl)C1=O. The predicted octanol–water partition coefficient (Wildman–Crippen LogP) is 4.09. The molecule has 0 saturated carbocycles. The summed E-state index contributed by atoms with van der Waals surface area (Å²) in [7, 11) is 1.51. The molecule has 2 aromatic rings. The van der Waals surface area contributed by atoms with Gasteiger partial charge < -0.3 is 20.3 Å². The van der Waals surface area contributed by atoms with Crippen molar-refractivity contribution in [1.82, 2.24) is 20.5 Å². The fourth-order valence-corrected chi connectivity index (χ4v) is 4.12. The summed E-state index contributed by atoms with van der Waals surface area (Å²) in [6.07, 6.45) is -0.576. The van der Waals surface area contributed by atoms with Gasteiger partial charge in [0.05, 0.1) is 0 Å². The number of pyridine rings is 1. The van der Waals surface area contributed by atoms with Crippen molar-refractivity contribution in [2.75, 3.05) is 13.6 Å². The molecule has 33 heavy (non-hydrogen) atoms. The Bertz CT molecular complexity index is 1130. The smallest absolute Gasteiger partial charge is 0.407 e. The van der Waals surface area contributed by atoms with E-state index in [0.717, 1.165) is 0 Å². The van der Waals surface area contributed by atoms with Crippen molar-refractivity contribution in [3.8, 4) is 11.1 Å². The maximum Gasteiger partial charge on any atom is 0.407 e. The molecule has 1 aliphatic heterocycles. The molecule has 0 aliphatic carbocycles. The van der Waals surface area contributed by atoms with Gasteiger partial charge in [-0.15, -0.1) is 0 Å². The summed E-state index contributed by atoms with van der Waals surface area (Å²) >= 11 is 12.6. The highest BCUT2D eigenvalue weighted by molar-refractivity contribution is 6.36. The Balaban J connectivity index is 2.09. The summed E-state index contributed by atoms with van der Waals surface area (Å²) in [5.41, 5.74) is 2.84. The van der Waals surface area contributed by atoms with Crippen LogP contribution in [0.2, 0.25) is 10.0 Å². The second-order valence-corrected chi connectivity index (χ2v) is 9.54. The molecule has 176 valence electrons. The average molecular weight is 493 g/mol. The maximum atomic E-state index is 13.0. The average Bonchev–Trinajstić information content (AvgIpc) is 3.00. The summed E-state index contributed by atoms with van der Waals surface area (Å²) in [5, 5.41) is 6.15. The minimum Gasteiger partial charge on any atom is -0.444 e. The molecule has 0 saturated heterocycles. The first kappa shape index (κ1) is 24.8. The van der Waals surface area contributed by atoms with E-state index in [2.05, 4.69) is 15.6 Å². The van der Waals surface area contributed by atoms with Crippen LogP contribution in [0.5, 0.6) is 0 Å². The van der Waals surface area contributed by atoms with Gasteiger partial charge in [0.15, 0.2) is 0 Å². The van der Waals surface area contributed by atoms with Crippen LogP contribution in [0.1, 0.15) is 48.1 Å². The molecule has 2 heterocycles. The number of benzene rings is 1. The predicted molar refractivity (Wildman–Crippen MR) is 126 cm³/mol. The Hall–Kier alpha value is -2.84. The lowest BCUT2D eigenvalue weighted by molar-refractivity contribution is -0.121. The summed E-state index contributed by atoms with van der Waals surface area (Å²) in [4.78, 5) is 43.1. The molecule has 0 radical (unpaired) electrons. The highest BCUT2D eigenvalue weighted by Gasteiger charge is 2.35. The topological polar surface area (TPSA) is 101 Å². The zero-order chi connectivity index (χ0) is 24.5. The van der Waals surface area contributed by atoms with Gasteiger partial charge in [0.1, 0.15) is 17.8 Å². The number of carbonyl (C=O) groups excluding carboxylic acids is 3. The molecule has 3 amide bonds. The minimum atomic E-state index is -0.648. The molecule has 0 bridgehead atoms. The van der Waals surface area contributed by atoms with Crippen molar-refractivity contribution in [3.05, 3.63) is 50.8 Å². The Morgan fingerprint density at radius 2 is 1.94 bits per heavy atom. The molecule has 1 aromatic carbocycles. The number of hydrogen-bond acceptors (Lipinski definition) is 5. The number of likely N-dealkylation sites (N-methyl/N-ethyl adjacent to an activating group) is 1. The third kappa shape index (κ3) is 5.57. The van der Waals surface area contributed by atoms with Crippen molar-refractivity contribution in [1.29, 1.82) is 0 Å². The number of alkyl carbamates (subject to hydrolysis) is 1. The Kier molecular flexibility index (Phi) is 7.19. The molecule has 2 N–H and O–H groups in total. The number of carbonyl (C=O) groups is 3. The Morgan fingerprint density at radius 1 is 1.24 bits per heavy atom. The largest absolute Gasteiger partial charge is 0.444 e. The van der Waals surface area contributed by atoms with Gasteiger partial charge in [-0.25, -0.2) is 9.78 Å². The van der Waals surface area contributed by atoms with Crippen LogP contribution in [-0.2, 0) is 22.6 Å². The van der Waals surface area contributed by atoms with Gasteiger partial charge in [0.25, 0.3) is 5.91 Å². The number of ether oxygens (including phenoxy) is 1. The lowest BCUT2D eigenvalue weighted by Crippen LogP contribution is -2.35. The maximum absolute atomic E-state index is 13.0. The number of nitrogens with one attached hydrogen (secondary N) is 2. The highest BCUT2D eigenvalue weighted by Crippen LogP contribution is 2.40. The first-order valence-corrected chi connectivity index (χ1v) is 11.1. The fourth-order valence-electron chi connectivity index (χ4n) is 3.62. The molecule has 0 atom stereocenters. The molecule has 1 aliphatic rings. The first-order chi connectivity index (χ1) is 15.4. The van der Waals surface area contributed by atoms with Crippen LogP contribution in [0.25, 0.3) is 11.1 Å². The molecule has 3 rings (SSSR count). The van der Waals surface area contributed by atoms with Crippen molar-refractivity contribution in [3.63, 3.8) is 0 Å². The van der Waals surface area contributed by atoms with Crippen LogP contribution < -0.4 is 10.6 Å². The Labute approximate surface area is 202 Å². The summed E-state index contributed by atoms with van der Waals surface area (Å²) in [6, 6.07) is 5.09. The number of aromatic nitrogens is 1. The molecule has 10 heteroatoms. The number of halogens is 2. The summed E-state index contributed by atoms with van der Waals surface area (Å²) in [5.74, 6) is -0.625. The van der Waals surface area contributed by atoms with Crippen LogP contribution in [0.15, 0.2) is 18.2 Å². The van der Waals surface area contributed by atoms with Crippen LogP contribution in [0.3, 0.4) is 0 Å². The van der Waals surface area contributed by atoms with Gasteiger partial charge in [-0.1, -0.05) is 29.3 Å². The van der Waals surface area contributed by atoms with Crippen molar-refractivity contribution in [2.24, 2.45) is 0 Å². The van der Waals surface area contributed by atoms with Crippen LogP contribution in [-0.4, -0.2) is 47.0 Å². The molecule has 0 spiro atoms. The zero-order valence-electron chi connectivity index (χ0n) is 19.1. The molecule has 1 aromatic heterocycles. The third-order valence-electron chi connectivity index (χ3n) is 5.07. The molecular formula is C23H26Cl2N4O4. The molecule has 8 nitrogen and oxygen atoms in total. The second kappa shape index (κ2) is 9.57. The molecule has 0 unspecified atom stereocenters. The number of hydrogen-bond donors (Lipinski definition) is 2. The van der Waals surface area contributed by atoms with Gasteiger partial charge in [-0.3, -0.25) is 9.59 Å². The lowest BCUT2D eigenvalue weighted by atomic mass is 9.93. The normalized spacial score (nSPS) is 13.1. The highest BCUT2D eigenvalue weighted by atomic mass is 35.5.